The maximum atomic E-state index is 12.7. The summed E-state index contributed by atoms with van der Waals surface area (Å²) in [7, 11) is -2.46. The average Bonchev–Trinajstić information content (AvgIpc) is 3.06. The van der Waals surface area contributed by atoms with Gasteiger partial charge in [-0.05, 0) is 28.8 Å². The van der Waals surface area contributed by atoms with Crippen LogP contribution in [0.5, 0.6) is 0 Å². The Kier molecular flexibility index (Phi) is 7.82. The monoisotopic (exact) mass is 439 g/mol. The Hall–Kier alpha value is -2.82. The Morgan fingerprint density at radius 3 is 2.38 bits per heavy atom. The van der Waals surface area contributed by atoms with Crippen molar-refractivity contribution in [3.63, 3.8) is 0 Å². The van der Waals surface area contributed by atoms with Crippen LogP contribution in [-0.4, -0.2) is 34.3 Å². The summed E-state index contributed by atoms with van der Waals surface area (Å²) < 4.78 is 36.6. The molecule has 0 saturated heterocycles. The molecule has 0 fully saturated rings. The summed E-state index contributed by atoms with van der Waals surface area (Å²) in [6.07, 6.45) is 3.30. The van der Waals surface area contributed by atoms with Gasteiger partial charge in [-0.25, -0.2) is 31.8 Å². The summed E-state index contributed by atoms with van der Waals surface area (Å²) >= 11 is 0. The van der Waals surface area contributed by atoms with Gasteiger partial charge in [-0.2, -0.15) is 5.10 Å². The zero-order valence-corrected chi connectivity index (χ0v) is 16.9. The molecule has 0 spiro atoms. The molecule has 29 heavy (non-hydrogen) atoms. The number of hydrogen-bond donors (Lipinski definition) is 2. The number of nitrogens with zero attached hydrogens (tertiary/aromatic N) is 4. The van der Waals surface area contributed by atoms with Gasteiger partial charge in [-0.1, -0.05) is 24.3 Å². The van der Waals surface area contributed by atoms with Gasteiger partial charge in [0.1, 0.15) is 22.8 Å². The summed E-state index contributed by atoms with van der Waals surface area (Å²) in [4.78, 5) is 16.7. The highest BCUT2D eigenvalue weighted by atomic mass is 35.5. The summed E-state index contributed by atoms with van der Waals surface area (Å²) in [5.74, 6) is 0.377. The first-order chi connectivity index (χ1) is 13.5. The molecule has 2 N–H and O–H groups in total. The van der Waals surface area contributed by atoms with Crippen LogP contribution >= 0.6 is 12.4 Å². The molecule has 8 nitrogen and oxygen atoms in total. The third-order valence-electron chi connectivity index (χ3n) is 4.10. The topological polar surface area (TPSA) is 113 Å². The minimum Gasteiger partial charge on any atom is -0.327 e. The number of rotatable bonds is 7. The molecule has 0 atom stereocenters. The third kappa shape index (κ3) is 5.37. The minimum atomic E-state index is -2.46. The van der Waals surface area contributed by atoms with Crippen molar-refractivity contribution in [2.75, 3.05) is 6.54 Å². The molecule has 0 aliphatic carbocycles. The molecule has 0 aliphatic heterocycles. The lowest BCUT2D eigenvalue weighted by Gasteiger charge is -2.05. The average molecular weight is 440 g/mol. The molecule has 2 aromatic heterocycles. The van der Waals surface area contributed by atoms with Crippen LogP contribution in [-0.2, 0) is 23.0 Å². The Bertz CT molecular complexity index is 1110. The highest BCUT2D eigenvalue weighted by molar-refractivity contribution is 7.71. The van der Waals surface area contributed by atoms with Crippen molar-refractivity contribution in [1.82, 2.24) is 19.3 Å². The van der Waals surface area contributed by atoms with Gasteiger partial charge in [0.05, 0.1) is 18.6 Å². The van der Waals surface area contributed by atoms with Gasteiger partial charge in [0.15, 0.2) is 0 Å². The lowest BCUT2D eigenvalue weighted by molar-refractivity contribution is 0.612. The van der Waals surface area contributed by atoms with E-state index in [-0.39, 0.29) is 36.8 Å². The van der Waals surface area contributed by atoms with Crippen molar-refractivity contribution in [3.8, 4) is 16.9 Å². The summed E-state index contributed by atoms with van der Waals surface area (Å²) in [5.41, 5.74) is 7.59. The molecule has 0 aliphatic rings. The van der Waals surface area contributed by atoms with E-state index >= 15 is 0 Å². The second kappa shape index (κ2) is 10.1. The number of thiol groups is 1. The molecule has 1 aromatic carbocycles. The van der Waals surface area contributed by atoms with Crippen molar-refractivity contribution < 1.29 is 12.8 Å². The first-order valence-corrected chi connectivity index (χ1v) is 9.68. The lowest BCUT2D eigenvalue weighted by Crippen LogP contribution is -2.26. The van der Waals surface area contributed by atoms with E-state index in [1.165, 1.54) is 10.9 Å². The zero-order chi connectivity index (χ0) is 20.1. The van der Waals surface area contributed by atoms with Gasteiger partial charge in [0.25, 0.3) is 0 Å². The largest absolute Gasteiger partial charge is 0.351 e. The van der Waals surface area contributed by atoms with Crippen LogP contribution in [0, 0.1) is 0 Å². The maximum Gasteiger partial charge on any atom is 0.351 e. The second-order valence-corrected chi connectivity index (χ2v) is 6.99. The minimum absolute atomic E-state index is 0. The molecule has 2 heterocycles. The van der Waals surface area contributed by atoms with Crippen molar-refractivity contribution >= 4 is 23.1 Å². The zero-order valence-electron chi connectivity index (χ0n) is 15.1. The fourth-order valence-electron chi connectivity index (χ4n) is 2.59. The predicted octanol–water partition coefficient (Wildman–Crippen LogP) is 1.44. The Morgan fingerprint density at radius 2 is 1.83 bits per heavy atom. The van der Waals surface area contributed by atoms with E-state index in [0.29, 0.717) is 17.7 Å². The Balaban J connectivity index is 0.00000300. The smallest absolute Gasteiger partial charge is 0.327 e. The molecule has 0 bridgehead atoms. The van der Waals surface area contributed by atoms with Crippen LogP contribution in [0.1, 0.15) is 5.56 Å². The van der Waals surface area contributed by atoms with Gasteiger partial charge >= 0.3 is 5.69 Å². The van der Waals surface area contributed by atoms with E-state index in [1.807, 2.05) is 12.1 Å². The molecule has 0 saturated carbocycles. The normalized spacial score (nSPS) is 11.5. The van der Waals surface area contributed by atoms with E-state index < -0.39 is 16.4 Å². The lowest BCUT2D eigenvalue weighted by atomic mass is 10.1. The molecular weight excluding hydrogens is 421 g/mol. The van der Waals surface area contributed by atoms with Gasteiger partial charge in [0, 0.05) is 18.3 Å². The van der Waals surface area contributed by atoms with Crippen LogP contribution in [0.2, 0.25) is 0 Å². The number of aromatic nitrogens is 4. The summed E-state index contributed by atoms with van der Waals surface area (Å²) in [6.45, 7) is -0.0367. The molecule has 3 aromatic rings. The number of nitrogens with two attached hydrogens (primary N) is 1. The Morgan fingerprint density at radius 1 is 1.14 bits per heavy atom. The van der Waals surface area contributed by atoms with Crippen molar-refractivity contribution in [1.29, 1.82) is 0 Å². The van der Waals surface area contributed by atoms with Gasteiger partial charge in [-0.3, -0.25) is 0 Å². The number of hydrogen-bond acceptors (Lipinski definition) is 6. The highest BCUT2D eigenvalue weighted by Crippen LogP contribution is 2.20. The fraction of sp³-hybridized carbons (Fsp3) is 0.167. The van der Waals surface area contributed by atoms with Crippen molar-refractivity contribution in [2.24, 2.45) is 5.73 Å². The third-order valence-corrected chi connectivity index (χ3v) is 4.72. The number of halogens is 2. The van der Waals surface area contributed by atoms with E-state index in [2.05, 4.69) is 10.1 Å². The molecule has 0 radical (unpaired) electrons. The van der Waals surface area contributed by atoms with Crippen molar-refractivity contribution in [3.05, 3.63) is 76.9 Å². The quantitative estimate of drug-likeness (QED) is 0.538. The van der Waals surface area contributed by atoms with Gasteiger partial charge in [-0.15, -0.1) is 12.4 Å². The molecule has 11 heteroatoms. The first-order valence-electron chi connectivity index (χ1n) is 8.32. The number of benzene rings is 1. The van der Waals surface area contributed by atoms with Crippen LogP contribution in [0.25, 0.3) is 16.9 Å². The van der Waals surface area contributed by atoms with E-state index in [4.69, 9.17) is 5.73 Å². The van der Waals surface area contributed by atoms with E-state index in [0.717, 1.165) is 15.8 Å². The second-order valence-electron chi connectivity index (χ2n) is 6.01. The highest BCUT2D eigenvalue weighted by Gasteiger charge is 2.10. The molecule has 0 amide bonds. The first kappa shape index (κ1) is 22.5. The molecule has 3 rings (SSSR count). The van der Waals surface area contributed by atoms with Gasteiger partial charge < -0.3 is 5.73 Å². The van der Waals surface area contributed by atoms with Crippen molar-refractivity contribution in [2.45, 2.75) is 12.3 Å². The summed E-state index contributed by atoms with van der Waals surface area (Å²) in [5, 5.41) is 3.96. The van der Waals surface area contributed by atoms with E-state index in [1.54, 1.807) is 30.5 Å². The Labute approximate surface area is 173 Å². The molecular formula is C18H19ClFN5O3S. The molecule has 0 unspecified atom stereocenters. The predicted molar refractivity (Wildman–Crippen MR) is 111 cm³/mol. The molecule has 154 valence electrons. The SMILES string of the molecule is Cl.NC/C(=C/F)Cn1ncn(-c2ccc(-c3ccc(C[SH](=O)=O)cc3)cn2)c1=O. The van der Waals surface area contributed by atoms with Crippen LogP contribution in [0.3, 0.4) is 0 Å². The number of pyridine rings is 1. The van der Waals surface area contributed by atoms with Gasteiger partial charge in [0.2, 0.25) is 0 Å². The fourth-order valence-corrected chi connectivity index (χ4v) is 3.10. The van der Waals surface area contributed by atoms with E-state index in [9.17, 15) is 17.6 Å². The standard InChI is InChI=1S/C18H18FN5O3S.ClH/c19-7-14(8-20)10-24-18(25)23(12-22-24)17-6-5-16(9-21-17)15-3-1-13(2-4-15)11-28(26)27;/h1-7,9,12,28H,8,10-11,20H2;1H/b14-7-;. The van der Waals surface area contributed by atoms with Crippen LogP contribution in [0.15, 0.2) is 65.6 Å². The maximum absolute atomic E-state index is 12.7. The van der Waals surface area contributed by atoms with Crippen LogP contribution < -0.4 is 11.4 Å². The summed E-state index contributed by atoms with van der Waals surface area (Å²) in [6, 6.07) is 10.6. The van der Waals surface area contributed by atoms with Crippen LogP contribution in [0.4, 0.5) is 4.39 Å².